The van der Waals surface area contributed by atoms with Crippen molar-refractivity contribution in [2.24, 2.45) is 22.7 Å². The SMILES string of the molecule is CC[C@@]1(OC(=O)OCc2ccc(NC(=O)[C@H](CCCNC(=N)N)NC(=O)[C@@H](NC(=O)CCC(=O)C(C)C)C(C)C)cc2)C(=O)OCc2c1cc1n(c2=O)Cc2c-1nc1ccccc1c2/C=N/OC(C)(C)C. The standard InChI is InChI=1S/C51H63N9O11/c1-9-51(36-23-39-43-34(25-60(39)46(65)35(36)27-68-47(51)66)33(24-55-71-50(6,7)8)32-13-10-11-14-37(32)57-43)70-49(67)69-26-30-16-18-31(19-17-30)56-44(63)38(15-12-22-54-48(52)53)58-45(64)42(29(4)5)59-41(62)21-20-40(61)28(2)3/h10-11,13-14,16-19,23-24,28-29,38,42H,9,12,15,20-22,25-27H2,1-8H3,(H,56,63)(H,58,64)(H,59,62)(H4,52,53,54)/b55-24+/t38-,42-,51-/m0/s1. The normalized spacial score (nSPS) is 15.8. The third kappa shape index (κ3) is 12.6. The van der Waals surface area contributed by atoms with Gasteiger partial charge < -0.3 is 50.6 Å². The van der Waals surface area contributed by atoms with Crippen molar-refractivity contribution in [1.29, 1.82) is 5.41 Å². The van der Waals surface area contributed by atoms with Crippen LogP contribution in [0.25, 0.3) is 22.3 Å². The van der Waals surface area contributed by atoms with Crippen molar-refractivity contribution in [3.63, 3.8) is 0 Å². The second-order valence-electron chi connectivity index (χ2n) is 19.2. The van der Waals surface area contributed by atoms with Gasteiger partial charge in [0.15, 0.2) is 5.96 Å². The molecule has 4 aromatic rings. The van der Waals surface area contributed by atoms with Crippen molar-refractivity contribution in [1.82, 2.24) is 25.5 Å². The minimum Gasteiger partial charge on any atom is -0.457 e. The summed E-state index contributed by atoms with van der Waals surface area (Å²) in [5, 5.41) is 23.4. The van der Waals surface area contributed by atoms with Crippen LogP contribution in [0.4, 0.5) is 10.5 Å². The lowest BCUT2D eigenvalue weighted by molar-refractivity contribution is -0.175. The quantitative estimate of drug-likeness (QED) is 0.0187. The molecule has 20 nitrogen and oxygen atoms in total. The number of esters is 1. The molecular weight excluding hydrogens is 915 g/mol. The highest BCUT2D eigenvalue weighted by molar-refractivity contribution is 6.02. The number of rotatable bonds is 20. The van der Waals surface area contributed by atoms with E-state index in [0.29, 0.717) is 34.6 Å². The zero-order valence-electron chi connectivity index (χ0n) is 41.4. The number of nitrogens with one attached hydrogen (secondary N) is 5. The van der Waals surface area contributed by atoms with E-state index in [1.807, 2.05) is 45.0 Å². The average molecular weight is 978 g/mol. The van der Waals surface area contributed by atoms with E-state index >= 15 is 0 Å². The number of hydrogen-bond donors (Lipinski definition) is 6. The molecule has 6 rings (SSSR count). The first-order valence-corrected chi connectivity index (χ1v) is 23.7. The van der Waals surface area contributed by atoms with Crippen molar-refractivity contribution in [3.05, 3.63) is 92.8 Å². The molecular formula is C51H63N9O11. The monoisotopic (exact) mass is 977 g/mol. The van der Waals surface area contributed by atoms with Gasteiger partial charge in [0.25, 0.3) is 5.56 Å². The molecule has 0 aliphatic carbocycles. The summed E-state index contributed by atoms with van der Waals surface area (Å²) in [4.78, 5) is 104. The number of pyridine rings is 2. The van der Waals surface area contributed by atoms with Crippen LogP contribution in [0.3, 0.4) is 0 Å². The van der Waals surface area contributed by atoms with Crippen LogP contribution >= 0.6 is 0 Å². The summed E-state index contributed by atoms with van der Waals surface area (Å²) in [5.41, 5.74) is 6.58. The number of ether oxygens (including phenoxy) is 3. The van der Waals surface area contributed by atoms with Crippen LogP contribution in [0.15, 0.2) is 64.5 Å². The zero-order chi connectivity index (χ0) is 51.8. The van der Waals surface area contributed by atoms with E-state index in [2.05, 4.69) is 26.4 Å². The Morgan fingerprint density at radius 3 is 2.37 bits per heavy atom. The number of carbonyl (C=O) groups excluding carboxylic acids is 6. The Balaban J connectivity index is 1.15. The number of guanidine groups is 1. The molecule has 2 aromatic heterocycles. The Labute approximate surface area is 411 Å². The summed E-state index contributed by atoms with van der Waals surface area (Å²) in [6, 6.07) is 13.4. The Morgan fingerprint density at radius 1 is 0.986 bits per heavy atom. The summed E-state index contributed by atoms with van der Waals surface area (Å²) in [6.45, 7) is 14.0. The van der Waals surface area contributed by atoms with Crippen LogP contribution in [-0.2, 0) is 68.4 Å². The highest BCUT2D eigenvalue weighted by Crippen LogP contribution is 2.42. The number of benzene rings is 2. The number of oxime groups is 1. The topological polar surface area (TPSA) is 285 Å². The van der Waals surface area contributed by atoms with Crippen LogP contribution in [0, 0.1) is 17.2 Å². The van der Waals surface area contributed by atoms with Gasteiger partial charge in [0, 0.05) is 53.1 Å². The largest absolute Gasteiger partial charge is 0.510 e. The molecule has 0 bridgehead atoms. The summed E-state index contributed by atoms with van der Waals surface area (Å²) in [5.74, 6) is -3.39. The van der Waals surface area contributed by atoms with E-state index < -0.39 is 58.7 Å². The molecule has 0 radical (unpaired) electrons. The number of fused-ring (bicyclic) bond motifs is 5. The third-order valence-corrected chi connectivity index (χ3v) is 12.1. The number of nitrogens with two attached hydrogens (primary N) is 1. The molecule has 0 fully saturated rings. The zero-order valence-corrected chi connectivity index (χ0v) is 41.4. The molecule has 20 heteroatoms. The van der Waals surface area contributed by atoms with Crippen LogP contribution in [0.2, 0.25) is 0 Å². The molecule has 0 saturated heterocycles. The second kappa shape index (κ2) is 22.4. The predicted molar refractivity (Wildman–Crippen MR) is 264 cm³/mol. The molecule has 71 heavy (non-hydrogen) atoms. The summed E-state index contributed by atoms with van der Waals surface area (Å²) in [7, 11) is 0. The fourth-order valence-electron chi connectivity index (χ4n) is 8.19. The minimum absolute atomic E-state index is 0.0372. The van der Waals surface area contributed by atoms with Gasteiger partial charge in [-0.2, -0.15) is 0 Å². The van der Waals surface area contributed by atoms with Crippen molar-refractivity contribution in [3.8, 4) is 11.4 Å². The number of cyclic esters (lactones) is 1. The Bertz CT molecular complexity index is 2800. The van der Waals surface area contributed by atoms with E-state index in [0.717, 1.165) is 16.5 Å². The summed E-state index contributed by atoms with van der Waals surface area (Å²) in [6.07, 6.45) is 0.772. The summed E-state index contributed by atoms with van der Waals surface area (Å²) >= 11 is 0. The lowest BCUT2D eigenvalue weighted by Gasteiger charge is -2.35. The number of anilines is 1. The van der Waals surface area contributed by atoms with Crippen LogP contribution < -0.4 is 32.6 Å². The van der Waals surface area contributed by atoms with Gasteiger partial charge >= 0.3 is 12.1 Å². The third-order valence-electron chi connectivity index (χ3n) is 12.1. The number of hydrogen-bond acceptors (Lipinski definition) is 14. The van der Waals surface area contributed by atoms with E-state index in [4.69, 9.17) is 35.2 Å². The number of amides is 3. The molecule has 2 aliphatic rings. The second-order valence-corrected chi connectivity index (χ2v) is 19.2. The number of nitrogens with zero attached hydrogens (tertiary/aromatic N) is 3. The molecule has 3 amide bonds. The van der Waals surface area contributed by atoms with Crippen LogP contribution in [0.1, 0.15) is 115 Å². The maximum Gasteiger partial charge on any atom is 0.510 e. The predicted octanol–water partition coefficient (Wildman–Crippen LogP) is 5.42. The first-order valence-electron chi connectivity index (χ1n) is 23.7. The molecule has 378 valence electrons. The maximum absolute atomic E-state index is 14.3. The van der Waals surface area contributed by atoms with Crippen LogP contribution in [0.5, 0.6) is 0 Å². The van der Waals surface area contributed by atoms with Gasteiger partial charge in [-0.1, -0.05) is 70.1 Å². The van der Waals surface area contributed by atoms with Crippen molar-refractivity contribution in [2.45, 2.75) is 131 Å². The van der Waals surface area contributed by atoms with E-state index in [9.17, 15) is 33.6 Å². The Hall–Kier alpha value is -7.64. The van der Waals surface area contributed by atoms with Gasteiger partial charge in [0.05, 0.1) is 35.2 Å². The number of Topliss-reactive ketones (excluding diaryl/α,β-unsaturated/α-hetero) is 1. The van der Waals surface area contributed by atoms with Gasteiger partial charge in [-0.25, -0.2) is 14.6 Å². The van der Waals surface area contributed by atoms with E-state index in [-0.39, 0.29) is 86.7 Å². The number of carbonyl (C=O) groups is 6. The fraction of sp³-hybridized carbons (Fsp3) is 0.451. The van der Waals surface area contributed by atoms with Crippen molar-refractivity contribution in [2.75, 3.05) is 11.9 Å². The van der Waals surface area contributed by atoms with Crippen molar-refractivity contribution < 1.29 is 47.8 Å². The average Bonchev–Trinajstić information content (AvgIpc) is 3.69. The molecule has 4 heterocycles. The molecule has 2 aliphatic heterocycles. The molecule has 3 atom stereocenters. The first kappa shape index (κ1) is 52.7. The lowest BCUT2D eigenvalue weighted by Crippen LogP contribution is -2.54. The van der Waals surface area contributed by atoms with Gasteiger partial charge in [-0.05, 0) is 75.8 Å². The highest BCUT2D eigenvalue weighted by atomic mass is 16.7. The molecule has 7 N–H and O–H groups in total. The fourth-order valence-corrected chi connectivity index (χ4v) is 8.19. The maximum atomic E-state index is 14.3. The van der Waals surface area contributed by atoms with Gasteiger partial charge in [0.1, 0.15) is 36.7 Å². The number of ketones is 1. The molecule has 0 unspecified atom stereocenters. The minimum atomic E-state index is -2.03. The number of para-hydroxylation sites is 1. The first-order chi connectivity index (χ1) is 33.6. The summed E-state index contributed by atoms with van der Waals surface area (Å²) < 4.78 is 18.4. The molecule has 0 spiro atoms. The van der Waals surface area contributed by atoms with E-state index in [1.54, 1.807) is 75.7 Å². The van der Waals surface area contributed by atoms with E-state index in [1.165, 1.54) is 0 Å². The lowest BCUT2D eigenvalue weighted by atomic mass is 9.85. The Kier molecular flexibility index (Phi) is 16.6. The smallest absolute Gasteiger partial charge is 0.457 e. The van der Waals surface area contributed by atoms with Crippen LogP contribution in [-0.4, -0.2) is 81.6 Å². The Morgan fingerprint density at radius 2 is 1.70 bits per heavy atom. The van der Waals surface area contributed by atoms with Gasteiger partial charge in [0.2, 0.25) is 23.3 Å². The van der Waals surface area contributed by atoms with Gasteiger partial charge in [-0.15, -0.1) is 0 Å². The highest BCUT2D eigenvalue weighted by Gasteiger charge is 2.51. The molecule has 2 aromatic carbocycles. The number of aromatic nitrogens is 2. The molecule has 0 saturated carbocycles. The van der Waals surface area contributed by atoms with Gasteiger partial charge in [-0.3, -0.25) is 29.4 Å². The van der Waals surface area contributed by atoms with Crippen molar-refractivity contribution >= 4 is 64.4 Å².